The van der Waals surface area contributed by atoms with E-state index in [0.717, 1.165) is 36.9 Å². The van der Waals surface area contributed by atoms with Crippen molar-refractivity contribution in [2.24, 2.45) is 11.7 Å². The predicted molar refractivity (Wildman–Crippen MR) is 127 cm³/mol. The second-order valence-electron chi connectivity index (χ2n) is 8.58. The van der Waals surface area contributed by atoms with Crippen LogP contribution >= 0.6 is 24.2 Å². The van der Waals surface area contributed by atoms with E-state index < -0.39 is 0 Å². The van der Waals surface area contributed by atoms with E-state index >= 15 is 0 Å². The lowest BCUT2D eigenvalue weighted by molar-refractivity contribution is 0.222. The Kier molecular flexibility index (Phi) is 10.3. The van der Waals surface area contributed by atoms with E-state index in [1.165, 1.54) is 61.9 Å². The zero-order valence-corrected chi connectivity index (χ0v) is 19.4. The summed E-state index contributed by atoms with van der Waals surface area (Å²) in [6.45, 7) is 10.4. The first-order chi connectivity index (χ1) is 13.4. The van der Waals surface area contributed by atoms with Crippen LogP contribution in [0, 0.1) is 5.92 Å². The average Bonchev–Trinajstić information content (AvgIpc) is 3.03. The standard InChI is InChI=1S/C21H31ClN2.C3H8S/c1-16-18(11-13-24(16)20-7-3-2-4-8-20)15-19-10-9-17(6-5-12-23)14-21(19)22;1-3(2)4/h9-10,14,18,20H,1-8,11-13,15,23H2;3-4H,1-2H3. The molecule has 3 rings (SSSR count). The zero-order chi connectivity index (χ0) is 20.5. The Morgan fingerprint density at radius 3 is 2.50 bits per heavy atom. The number of rotatable bonds is 6. The van der Waals surface area contributed by atoms with E-state index in [1.807, 2.05) is 13.8 Å². The van der Waals surface area contributed by atoms with Crippen molar-refractivity contribution in [2.75, 3.05) is 13.1 Å². The molecule has 2 aliphatic rings. The Bertz CT molecular complexity index is 608. The summed E-state index contributed by atoms with van der Waals surface area (Å²) in [5, 5.41) is 1.44. The van der Waals surface area contributed by atoms with Gasteiger partial charge in [-0.15, -0.1) is 0 Å². The Morgan fingerprint density at radius 2 is 1.89 bits per heavy atom. The number of halogens is 1. The lowest BCUT2D eigenvalue weighted by Crippen LogP contribution is -2.33. The quantitative estimate of drug-likeness (QED) is 0.529. The molecule has 1 aliphatic heterocycles. The molecule has 1 atom stereocenters. The highest BCUT2D eigenvalue weighted by Gasteiger charge is 2.32. The number of hydrogen-bond donors (Lipinski definition) is 2. The molecule has 2 N–H and O–H groups in total. The molecule has 0 amide bonds. The van der Waals surface area contributed by atoms with Gasteiger partial charge in [0.15, 0.2) is 0 Å². The molecule has 0 radical (unpaired) electrons. The SMILES string of the molecule is C=C1C(Cc2ccc(CCCN)cc2Cl)CCN1C1CCCCC1.CC(C)S. The first-order valence-electron chi connectivity index (χ1n) is 11.0. The molecule has 28 heavy (non-hydrogen) atoms. The highest BCUT2D eigenvalue weighted by Crippen LogP contribution is 2.36. The highest BCUT2D eigenvalue weighted by molar-refractivity contribution is 7.80. The third kappa shape index (κ3) is 7.31. The minimum absolute atomic E-state index is 0.528. The lowest BCUT2D eigenvalue weighted by Gasteiger charge is -2.34. The van der Waals surface area contributed by atoms with Gasteiger partial charge in [0.1, 0.15) is 0 Å². The summed E-state index contributed by atoms with van der Waals surface area (Å²) in [6.07, 6.45) is 11.2. The minimum atomic E-state index is 0.528. The molecule has 0 bridgehead atoms. The Labute approximate surface area is 183 Å². The number of nitrogens with zero attached hydrogens (tertiary/aromatic N) is 1. The Morgan fingerprint density at radius 1 is 1.21 bits per heavy atom. The normalized spacial score (nSPS) is 20.4. The maximum Gasteiger partial charge on any atom is 0.0440 e. The fraction of sp³-hybridized carbons (Fsp3) is 0.667. The summed E-state index contributed by atoms with van der Waals surface area (Å²) in [6, 6.07) is 7.30. The second-order valence-corrected chi connectivity index (χ2v) is 10.0. The fourth-order valence-electron chi connectivity index (χ4n) is 4.35. The first kappa shape index (κ1) is 23.6. The molecule has 0 spiro atoms. The largest absolute Gasteiger partial charge is 0.372 e. The molecule has 1 aliphatic carbocycles. The maximum atomic E-state index is 6.55. The molecule has 1 aromatic rings. The van der Waals surface area contributed by atoms with Crippen LogP contribution in [0.25, 0.3) is 0 Å². The summed E-state index contributed by atoms with van der Waals surface area (Å²) < 4.78 is 0. The van der Waals surface area contributed by atoms with E-state index in [9.17, 15) is 0 Å². The monoisotopic (exact) mass is 422 g/mol. The van der Waals surface area contributed by atoms with Crippen molar-refractivity contribution in [3.05, 3.63) is 46.6 Å². The molecule has 1 saturated heterocycles. The summed E-state index contributed by atoms with van der Waals surface area (Å²) in [7, 11) is 0. The number of allylic oxidation sites excluding steroid dienone is 1. The van der Waals surface area contributed by atoms with E-state index in [1.54, 1.807) is 0 Å². The number of nitrogens with two attached hydrogens (primary N) is 1. The molecule has 0 aromatic heterocycles. The van der Waals surface area contributed by atoms with E-state index in [0.29, 0.717) is 11.2 Å². The van der Waals surface area contributed by atoms with Gasteiger partial charge in [-0.2, -0.15) is 12.6 Å². The van der Waals surface area contributed by atoms with Crippen molar-refractivity contribution in [3.63, 3.8) is 0 Å². The van der Waals surface area contributed by atoms with Crippen molar-refractivity contribution in [1.29, 1.82) is 0 Å². The summed E-state index contributed by atoms with van der Waals surface area (Å²) >= 11 is 10.5. The van der Waals surface area contributed by atoms with Crippen LogP contribution in [-0.4, -0.2) is 29.3 Å². The summed E-state index contributed by atoms with van der Waals surface area (Å²) in [4.78, 5) is 2.60. The van der Waals surface area contributed by atoms with Crippen molar-refractivity contribution in [2.45, 2.75) is 82.9 Å². The lowest BCUT2D eigenvalue weighted by atomic mass is 9.93. The molecule has 1 aromatic carbocycles. The van der Waals surface area contributed by atoms with Gasteiger partial charge in [-0.05, 0) is 67.5 Å². The van der Waals surface area contributed by atoms with Crippen LogP contribution in [0.1, 0.15) is 69.9 Å². The van der Waals surface area contributed by atoms with E-state index in [2.05, 4.69) is 42.3 Å². The van der Waals surface area contributed by atoms with Crippen LogP contribution in [0.3, 0.4) is 0 Å². The fourth-order valence-corrected chi connectivity index (χ4v) is 4.63. The molecule has 1 saturated carbocycles. The van der Waals surface area contributed by atoms with Crippen molar-refractivity contribution < 1.29 is 0 Å². The molecular weight excluding hydrogens is 384 g/mol. The predicted octanol–water partition coefficient (Wildman–Crippen LogP) is 6.27. The number of hydrogen-bond acceptors (Lipinski definition) is 3. The number of aryl methyl sites for hydroxylation is 1. The number of likely N-dealkylation sites (tertiary alicyclic amines) is 1. The summed E-state index contributed by atoms with van der Waals surface area (Å²) in [5.74, 6) is 0.555. The van der Waals surface area contributed by atoms with Gasteiger partial charge in [0.05, 0.1) is 0 Å². The second kappa shape index (κ2) is 12.1. The van der Waals surface area contributed by atoms with Gasteiger partial charge < -0.3 is 10.6 Å². The average molecular weight is 423 g/mol. The van der Waals surface area contributed by atoms with E-state index in [-0.39, 0.29) is 0 Å². The zero-order valence-electron chi connectivity index (χ0n) is 17.8. The van der Waals surface area contributed by atoms with Crippen LogP contribution in [-0.2, 0) is 12.8 Å². The van der Waals surface area contributed by atoms with Gasteiger partial charge >= 0.3 is 0 Å². The minimum Gasteiger partial charge on any atom is -0.372 e. The van der Waals surface area contributed by atoms with Gasteiger partial charge in [0, 0.05) is 29.2 Å². The molecule has 158 valence electrons. The Balaban J connectivity index is 0.000000640. The van der Waals surface area contributed by atoms with Gasteiger partial charge in [-0.3, -0.25) is 0 Å². The smallest absolute Gasteiger partial charge is 0.0440 e. The molecule has 2 fully saturated rings. The van der Waals surface area contributed by atoms with Crippen molar-refractivity contribution in [3.8, 4) is 0 Å². The number of thiol groups is 1. The van der Waals surface area contributed by atoms with Crippen molar-refractivity contribution in [1.82, 2.24) is 4.90 Å². The number of benzene rings is 1. The van der Waals surface area contributed by atoms with Crippen LogP contribution < -0.4 is 5.73 Å². The van der Waals surface area contributed by atoms with Crippen LogP contribution in [0.2, 0.25) is 5.02 Å². The van der Waals surface area contributed by atoms with Crippen LogP contribution in [0.15, 0.2) is 30.5 Å². The third-order valence-corrected chi connectivity index (χ3v) is 6.18. The summed E-state index contributed by atoms with van der Waals surface area (Å²) in [5.41, 5.74) is 9.51. The van der Waals surface area contributed by atoms with Gasteiger partial charge in [0.2, 0.25) is 0 Å². The van der Waals surface area contributed by atoms with Crippen molar-refractivity contribution >= 4 is 24.2 Å². The molecule has 1 unspecified atom stereocenters. The molecule has 1 heterocycles. The van der Waals surface area contributed by atoms with Crippen LogP contribution in [0.4, 0.5) is 0 Å². The first-order valence-corrected chi connectivity index (χ1v) is 11.9. The third-order valence-electron chi connectivity index (χ3n) is 5.83. The maximum absolute atomic E-state index is 6.55. The molecule has 2 nitrogen and oxygen atoms in total. The van der Waals surface area contributed by atoms with Gasteiger partial charge in [-0.1, -0.05) is 63.4 Å². The topological polar surface area (TPSA) is 29.3 Å². The van der Waals surface area contributed by atoms with Crippen LogP contribution in [0.5, 0.6) is 0 Å². The molecular formula is C24H39ClN2S. The Hall–Kier alpha value is -0.640. The molecule has 4 heteroatoms. The van der Waals surface area contributed by atoms with Gasteiger partial charge in [-0.25, -0.2) is 0 Å². The highest BCUT2D eigenvalue weighted by atomic mass is 35.5. The van der Waals surface area contributed by atoms with Gasteiger partial charge in [0.25, 0.3) is 0 Å². The van der Waals surface area contributed by atoms with E-state index in [4.69, 9.17) is 17.3 Å².